The van der Waals surface area contributed by atoms with Crippen LogP contribution in [-0.4, -0.2) is 5.38 Å². The summed E-state index contributed by atoms with van der Waals surface area (Å²) in [7, 11) is 0. The molecule has 1 atom stereocenters. The third-order valence-electron chi connectivity index (χ3n) is 2.13. The van der Waals surface area contributed by atoms with Gasteiger partial charge < -0.3 is 0 Å². The summed E-state index contributed by atoms with van der Waals surface area (Å²) in [5.74, 6) is 0. The van der Waals surface area contributed by atoms with Crippen LogP contribution in [0, 0.1) is 6.92 Å². The minimum Gasteiger partial charge on any atom is -0.141 e. The Labute approximate surface area is 81.9 Å². The highest BCUT2D eigenvalue weighted by Crippen LogP contribution is 2.33. The predicted octanol–water partition coefficient (Wildman–Crippen LogP) is 3.84. The lowest BCUT2D eigenvalue weighted by molar-refractivity contribution is 0.943. The van der Waals surface area contributed by atoms with Crippen LogP contribution in [-0.2, 0) is 0 Å². The SMILES string of the molecule is Cc1ccc(C2=CC(Cl)CC2)s1. The first-order valence-corrected chi connectivity index (χ1v) is 5.42. The van der Waals surface area contributed by atoms with Crippen LogP contribution < -0.4 is 0 Å². The van der Waals surface area contributed by atoms with E-state index in [0.29, 0.717) is 0 Å². The second-order valence-electron chi connectivity index (χ2n) is 3.16. The van der Waals surface area contributed by atoms with Gasteiger partial charge in [-0.1, -0.05) is 6.08 Å². The normalized spacial score (nSPS) is 22.8. The lowest BCUT2D eigenvalue weighted by atomic mass is 10.2. The number of rotatable bonds is 1. The standard InChI is InChI=1S/C10H11ClS/c1-7-2-5-10(12-7)8-3-4-9(11)6-8/h2,5-6,9H,3-4H2,1H3. The van der Waals surface area contributed by atoms with E-state index < -0.39 is 0 Å². The molecule has 2 rings (SSSR count). The third kappa shape index (κ3) is 1.57. The second kappa shape index (κ2) is 3.23. The van der Waals surface area contributed by atoms with Gasteiger partial charge in [0, 0.05) is 9.75 Å². The van der Waals surface area contributed by atoms with Crippen LogP contribution in [0.3, 0.4) is 0 Å². The number of aryl methyl sites for hydroxylation is 1. The van der Waals surface area contributed by atoms with Gasteiger partial charge in [-0.05, 0) is 37.5 Å². The van der Waals surface area contributed by atoms with Crippen LogP contribution in [0.25, 0.3) is 5.57 Å². The van der Waals surface area contributed by atoms with Gasteiger partial charge in [0.05, 0.1) is 5.38 Å². The summed E-state index contributed by atoms with van der Waals surface area (Å²) >= 11 is 7.85. The predicted molar refractivity (Wildman–Crippen MR) is 55.9 cm³/mol. The Hall–Kier alpha value is -0.270. The lowest BCUT2D eigenvalue weighted by Crippen LogP contribution is -1.81. The smallest absolute Gasteiger partial charge is 0.0525 e. The van der Waals surface area contributed by atoms with E-state index in [9.17, 15) is 0 Å². The van der Waals surface area contributed by atoms with Gasteiger partial charge in [-0.25, -0.2) is 0 Å². The number of hydrogen-bond acceptors (Lipinski definition) is 1. The molecule has 12 heavy (non-hydrogen) atoms. The molecule has 0 nitrogen and oxygen atoms in total. The molecule has 0 fully saturated rings. The molecule has 0 aliphatic heterocycles. The minimum atomic E-state index is 0.266. The molecule has 1 aromatic rings. The molecule has 0 aromatic carbocycles. The fraction of sp³-hybridized carbons (Fsp3) is 0.400. The number of thiophene rings is 1. The first-order valence-electron chi connectivity index (χ1n) is 4.17. The van der Waals surface area contributed by atoms with Crippen LogP contribution >= 0.6 is 22.9 Å². The highest BCUT2D eigenvalue weighted by molar-refractivity contribution is 7.13. The van der Waals surface area contributed by atoms with Crippen molar-refractivity contribution in [3.8, 4) is 0 Å². The van der Waals surface area contributed by atoms with Gasteiger partial charge in [0.25, 0.3) is 0 Å². The molecule has 0 bridgehead atoms. The Kier molecular flexibility index (Phi) is 2.24. The summed E-state index contributed by atoms with van der Waals surface area (Å²) < 4.78 is 0. The number of alkyl halides is 1. The van der Waals surface area contributed by atoms with E-state index in [1.807, 2.05) is 11.3 Å². The maximum absolute atomic E-state index is 5.99. The molecule has 1 aromatic heterocycles. The van der Waals surface area contributed by atoms with Crippen molar-refractivity contribution in [3.63, 3.8) is 0 Å². The van der Waals surface area contributed by atoms with Crippen molar-refractivity contribution in [2.24, 2.45) is 0 Å². The molecule has 0 spiro atoms. The van der Waals surface area contributed by atoms with Crippen molar-refractivity contribution in [1.29, 1.82) is 0 Å². The van der Waals surface area contributed by atoms with Crippen molar-refractivity contribution in [2.75, 3.05) is 0 Å². The zero-order valence-electron chi connectivity index (χ0n) is 7.01. The molecule has 0 amide bonds. The molecule has 1 unspecified atom stereocenters. The van der Waals surface area contributed by atoms with Gasteiger partial charge in [-0.2, -0.15) is 0 Å². The van der Waals surface area contributed by atoms with Crippen molar-refractivity contribution in [3.05, 3.63) is 28.0 Å². The van der Waals surface area contributed by atoms with E-state index in [4.69, 9.17) is 11.6 Å². The summed E-state index contributed by atoms with van der Waals surface area (Å²) in [4.78, 5) is 2.78. The Bertz CT molecular complexity index is 311. The average molecular weight is 199 g/mol. The minimum absolute atomic E-state index is 0.266. The summed E-state index contributed by atoms with van der Waals surface area (Å²) in [6.45, 7) is 2.14. The highest BCUT2D eigenvalue weighted by atomic mass is 35.5. The zero-order valence-corrected chi connectivity index (χ0v) is 8.58. The highest BCUT2D eigenvalue weighted by Gasteiger charge is 2.15. The Morgan fingerprint density at radius 2 is 2.33 bits per heavy atom. The summed E-state index contributed by atoms with van der Waals surface area (Å²) in [5, 5.41) is 0.266. The number of hydrogen-bond donors (Lipinski definition) is 0. The van der Waals surface area contributed by atoms with Crippen molar-refractivity contribution in [2.45, 2.75) is 25.1 Å². The topological polar surface area (TPSA) is 0 Å². The van der Waals surface area contributed by atoms with Gasteiger partial charge in [-0.15, -0.1) is 22.9 Å². The summed E-state index contributed by atoms with van der Waals surface area (Å²) in [6, 6.07) is 4.36. The fourth-order valence-corrected chi connectivity index (χ4v) is 2.67. The average Bonchev–Trinajstić information content (AvgIpc) is 2.58. The van der Waals surface area contributed by atoms with E-state index in [-0.39, 0.29) is 5.38 Å². The van der Waals surface area contributed by atoms with Crippen LogP contribution in [0.2, 0.25) is 0 Å². The van der Waals surface area contributed by atoms with Crippen LogP contribution in [0.5, 0.6) is 0 Å². The van der Waals surface area contributed by atoms with Crippen LogP contribution in [0.1, 0.15) is 22.6 Å². The Balaban J connectivity index is 2.26. The lowest BCUT2D eigenvalue weighted by Gasteiger charge is -1.93. The first kappa shape index (κ1) is 8.33. The molecule has 0 radical (unpaired) electrons. The zero-order chi connectivity index (χ0) is 8.55. The van der Waals surface area contributed by atoms with E-state index in [0.717, 1.165) is 12.8 Å². The van der Waals surface area contributed by atoms with E-state index in [1.165, 1.54) is 15.3 Å². The van der Waals surface area contributed by atoms with E-state index >= 15 is 0 Å². The molecule has 0 N–H and O–H groups in total. The van der Waals surface area contributed by atoms with Gasteiger partial charge in [0.1, 0.15) is 0 Å². The first-order chi connectivity index (χ1) is 5.75. The fourth-order valence-electron chi connectivity index (χ4n) is 1.49. The van der Waals surface area contributed by atoms with E-state index in [1.54, 1.807) is 0 Å². The third-order valence-corrected chi connectivity index (χ3v) is 3.55. The molecule has 64 valence electrons. The second-order valence-corrected chi connectivity index (χ2v) is 5.01. The largest absolute Gasteiger partial charge is 0.141 e. The van der Waals surface area contributed by atoms with Crippen LogP contribution in [0.4, 0.5) is 0 Å². The molecular weight excluding hydrogens is 188 g/mol. The quantitative estimate of drug-likeness (QED) is 0.602. The van der Waals surface area contributed by atoms with Crippen molar-refractivity contribution >= 4 is 28.5 Å². The van der Waals surface area contributed by atoms with Crippen LogP contribution in [0.15, 0.2) is 18.2 Å². The van der Waals surface area contributed by atoms with Crippen molar-refractivity contribution in [1.82, 2.24) is 0 Å². The molecule has 1 aliphatic rings. The Morgan fingerprint density at radius 3 is 2.83 bits per heavy atom. The summed E-state index contributed by atoms with van der Waals surface area (Å²) in [6.07, 6.45) is 4.44. The molecule has 1 aliphatic carbocycles. The molecule has 0 saturated carbocycles. The maximum atomic E-state index is 5.99. The molecule has 1 heterocycles. The van der Waals surface area contributed by atoms with Crippen molar-refractivity contribution < 1.29 is 0 Å². The molecular formula is C10H11ClS. The van der Waals surface area contributed by atoms with Gasteiger partial charge in [0.2, 0.25) is 0 Å². The Morgan fingerprint density at radius 1 is 1.50 bits per heavy atom. The summed E-state index contributed by atoms with van der Waals surface area (Å²) in [5.41, 5.74) is 1.44. The maximum Gasteiger partial charge on any atom is 0.0525 e. The molecule has 2 heteroatoms. The van der Waals surface area contributed by atoms with Gasteiger partial charge in [0.15, 0.2) is 0 Å². The number of halogens is 1. The number of allylic oxidation sites excluding steroid dienone is 2. The monoisotopic (exact) mass is 198 g/mol. The van der Waals surface area contributed by atoms with E-state index in [2.05, 4.69) is 25.1 Å². The van der Waals surface area contributed by atoms with Gasteiger partial charge >= 0.3 is 0 Å². The van der Waals surface area contributed by atoms with Gasteiger partial charge in [-0.3, -0.25) is 0 Å². The molecule has 0 saturated heterocycles.